The van der Waals surface area contributed by atoms with Crippen LogP contribution in [0.5, 0.6) is 0 Å². The van der Waals surface area contributed by atoms with E-state index >= 15 is 0 Å². The summed E-state index contributed by atoms with van der Waals surface area (Å²) in [7, 11) is 0. The second-order valence-corrected chi connectivity index (χ2v) is 4.04. The summed E-state index contributed by atoms with van der Waals surface area (Å²) < 4.78 is 0. The molecule has 0 radical (unpaired) electrons. The zero-order valence-corrected chi connectivity index (χ0v) is 9.50. The molecule has 0 nitrogen and oxygen atoms in total. The molecule has 1 aromatic rings. The Kier molecular flexibility index (Phi) is 5.36. The van der Waals surface area contributed by atoms with Gasteiger partial charge in [0.05, 0.1) is 0 Å². The van der Waals surface area contributed by atoms with Crippen LogP contribution in [0.1, 0.15) is 57.4 Å². The van der Waals surface area contributed by atoms with E-state index in [9.17, 15) is 0 Å². The summed E-state index contributed by atoms with van der Waals surface area (Å²) in [5, 5.41) is 0. The monoisotopic (exact) mass is 190 g/mol. The highest BCUT2D eigenvalue weighted by Crippen LogP contribution is 2.26. The van der Waals surface area contributed by atoms with Crippen molar-refractivity contribution in [3.8, 4) is 0 Å². The summed E-state index contributed by atoms with van der Waals surface area (Å²) in [6.45, 7) is 4.55. The van der Waals surface area contributed by atoms with Gasteiger partial charge in [-0.25, -0.2) is 0 Å². The van der Waals surface area contributed by atoms with Gasteiger partial charge < -0.3 is 0 Å². The quantitative estimate of drug-likeness (QED) is 0.606. The van der Waals surface area contributed by atoms with Gasteiger partial charge in [0.1, 0.15) is 0 Å². The Bertz CT molecular complexity index is 225. The van der Waals surface area contributed by atoms with Crippen LogP contribution in [0.15, 0.2) is 30.3 Å². The molecule has 0 heterocycles. The third kappa shape index (κ3) is 3.53. The van der Waals surface area contributed by atoms with Crippen molar-refractivity contribution in [2.45, 2.75) is 51.9 Å². The molecule has 0 fully saturated rings. The summed E-state index contributed by atoms with van der Waals surface area (Å²) in [4.78, 5) is 0. The molecule has 0 saturated carbocycles. The predicted octanol–water partition coefficient (Wildman–Crippen LogP) is 4.76. The van der Waals surface area contributed by atoms with E-state index in [-0.39, 0.29) is 0 Å². The normalized spacial score (nSPS) is 12.7. The first-order valence-corrected chi connectivity index (χ1v) is 5.93. The number of benzene rings is 1. The SMILES string of the molecule is CCCC[C@@H](CCC)c1ccccc1. The number of hydrogen-bond acceptors (Lipinski definition) is 0. The highest BCUT2D eigenvalue weighted by molar-refractivity contribution is 5.19. The summed E-state index contributed by atoms with van der Waals surface area (Å²) in [6, 6.07) is 11.0. The van der Waals surface area contributed by atoms with Crippen molar-refractivity contribution in [2.75, 3.05) is 0 Å². The van der Waals surface area contributed by atoms with Gasteiger partial charge in [0, 0.05) is 0 Å². The number of rotatable bonds is 6. The van der Waals surface area contributed by atoms with E-state index in [1.165, 1.54) is 37.7 Å². The van der Waals surface area contributed by atoms with Crippen LogP contribution in [0, 0.1) is 0 Å². The molecule has 0 amide bonds. The van der Waals surface area contributed by atoms with Crippen molar-refractivity contribution in [2.24, 2.45) is 0 Å². The molecule has 0 saturated heterocycles. The van der Waals surface area contributed by atoms with E-state index in [1.807, 2.05) is 0 Å². The van der Waals surface area contributed by atoms with Gasteiger partial charge in [-0.05, 0) is 24.3 Å². The maximum Gasteiger partial charge on any atom is -0.0162 e. The predicted molar refractivity (Wildman–Crippen MR) is 63.6 cm³/mol. The number of hydrogen-bond donors (Lipinski definition) is 0. The topological polar surface area (TPSA) is 0 Å². The molecule has 14 heavy (non-hydrogen) atoms. The van der Waals surface area contributed by atoms with Gasteiger partial charge in [-0.15, -0.1) is 0 Å². The zero-order chi connectivity index (χ0) is 10.2. The largest absolute Gasteiger partial charge is 0.0654 e. The molecule has 0 spiro atoms. The lowest BCUT2D eigenvalue weighted by atomic mass is 9.90. The fraction of sp³-hybridized carbons (Fsp3) is 0.571. The van der Waals surface area contributed by atoms with Crippen LogP contribution in [0.2, 0.25) is 0 Å². The Morgan fingerprint density at radius 2 is 1.64 bits per heavy atom. The van der Waals surface area contributed by atoms with Crippen LogP contribution >= 0.6 is 0 Å². The van der Waals surface area contributed by atoms with Crippen molar-refractivity contribution in [3.63, 3.8) is 0 Å². The van der Waals surface area contributed by atoms with Crippen molar-refractivity contribution >= 4 is 0 Å². The van der Waals surface area contributed by atoms with Crippen LogP contribution in [-0.4, -0.2) is 0 Å². The summed E-state index contributed by atoms with van der Waals surface area (Å²) >= 11 is 0. The fourth-order valence-corrected chi connectivity index (χ4v) is 2.00. The highest BCUT2D eigenvalue weighted by Gasteiger charge is 2.08. The average molecular weight is 190 g/mol. The summed E-state index contributed by atoms with van der Waals surface area (Å²) in [5.41, 5.74) is 1.53. The first kappa shape index (κ1) is 11.3. The first-order valence-electron chi connectivity index (χ1n) is 5.93. The third-order valence-corrected chi connectivity index (χ3v) is 2.81. The van der Waals surface area contributed by atoms with Crippen LogP contribution in [0.25, 0.3) is 0 Å². The van der Waals surface area contributed by atoms with E-state index in [2.05, 4.69) is 44.2 Å². The molecule has 1 rings (SSSR count). The number of unbranched alkanes of at least 4 members (excludes halogenated alkanes) is 1. The van der Waals surface area contributed by atoms with Gasteiger partial charge >= 0.3 is 0 Å². The van der Waals surface area contributed by atoms with Gasteiger partial charge in [-0.2, -0.15) is 0 Å². The Labute approximate surface area is 88.4 Å². The summed E-state index contributed by atoms with van der Waals surface area (Å²) in [6.07, 6.45) is 6.66. The molecular formula is C14H22. The maximum atomic E-state index is 2.28. The van der Waals surface area contributed by atoms with E-state index in [0.717, 1.165) is 5.92 Å². The lowest BCUT2D eigenvalue weighted by Gasteiger charge is -2.15. The molecular weight excluding hydrogens is 168 g/mol. The molecule has 1 atom stereocenters. The van der Waals surface area contributed by atoms with Gasteiger partial charge in [0.15, 0.2) is 0 Å². The average Bonchev–Trinajstić information content (AvgIpc) is 2.25. The molecule has 1 aromatic carbocycles. The minimum atomic E-state index is 0.793. The minimum Gasteiger partial charge on any atom is -0.0654 e. The summed E-state index contributed by atoms with van der Waals surface area (Å²) in [5.74, 6) is 0.793. The third-order valence-electron chi connectivity index (χ3n) is 2.81. The molecule has 0 N–H and O–H groups in total. The molecule has 0 bridgehead atoms. The van der Waals surface area contributed by atoms with Crippen molar-refractivity contribution < 1.29 is 0 Å². The Morgan fingerprint density at radius 3 is 2.21 bits per heavy atom. The second kappa shape index (κ2) is 6.64. The van der Waals surface area contributed by atoms with E-state index < -0.39 is 0 Å². The van der Waals surface area contributed by atoms with Crippen molar-refractivity contribution in [3.05, 3.63) is 35.9 Å². The van der Waals surface area contributed by atoms with E-state index in [0.29, 0.717) is 0 Å². The Morgan fingerprint density at radius 1 is 0.929 bits per heavy atom. The molecule has 0 aliphatic rings. The minimum absolute atomic E-state index is 0.793. The fourth-order valence-electron chi connectivity index (χ4n) is 2.00. The van der Waals surface area contributed by atoms with Crippen molar-refractivity contribution in [1.29, 1.82) is 0 Å². The Hall–Kier alpha value is -0.780. The van der Waals surface area contributed by atoms with Gasteiger partial charge in [-0.3, -0.25) is 0 Å². The standard InChI is InChI=1S/C14H22/c1-3-5-10-13(9-4-2)14-11-7-6-8-12-14/h6-8,11-13H,3-5,9-10H2,1-2H3/t13-/m1/s1. The van der Waals surface area contributed by atoms with Crippen LogP contribution in [0.3, 0.4) is 0 Å². The van der Waals surface area contributed by atoms with Crippen LogP contribution < -0.4 is 0 Å². The smallest absolute Gasteiger partial charge is 0.0162 e. The molecule has 0 aromatic heterocycles. The molecule has 0 heteroatoms. The second-order valence-electron chi connectivity index (χ2n) is 4.04. The zero-order valence-electron chi connectivity index (χ0n) is 9.50. The van der Waals surface area contributed by atoms with Gasteiger partial charge in [-0.1, -0.05) is 63.4 Å². The lowest BCUT2D eigenvalue weighted by molar-refractivity contribution is 0.541. The van der Waals surface area contributed by atoms with Gasteiger partial charge in [0.2, 0.25) is 0 Å². The van der Waals surface area contributed by atoms with Crippen LogP contribution in [0.4, 0.5) is 0 Å². The Balaban J connectivity index is 2.58. The molecule has 0 aliphatic carbocycles. The molecule has 78 valence electrons. The molecule has 0 aliphatic heterocycles. The molecule has 0 unspecified atom stereocenters. The van der Waals surface area contributed by atoms with Crippen LogP contribution in [-0.2, 0) is 0 Å². The van der Waals surface area contributed by atoms with Crippen molar-refractivity contribution in [1.82, 2.24) is 0 Å². The maximum absolute atomic E-state index is 2.28. The van der Waals surface area contributed by atoms with E-state index in [4.69, 9.17) is 0 Å². The lowest BCUT2D eigenvalue weighted by Crippen LogP contribution is -1.98. The van der Waals surface area contributed by atoms with E-state index in [1.54, 1.807) is 0 Å². The van der Waals surface area contributed by atoms with Gasteiger partial charge in [0.25, 0.3) is 0 Å². The first-order chi connectivity index (χ1) is 6.88. The highest BCUT2D eigenvalue weighted by atomic mass is 14.1.